The van der Waals surface area contributed by atoms with Crippen molar-refractivity contribution in [2.75, 3.05) is 0 Å². The van der Waals surface area contributed by atoms with Crippen LogP contribution in [0.2, 0.25) is 0 Å². The Kier molecular flexibility index (Phi) is 6.75. The highest BCUT2D eigenvalue weighted by atomic mass is 16.3. The normalized spacial score (nSPS) is 11.7. The Labute approximate surface area is 309 Å². The van der Waals surface area contributed by atoms with E-state index in [0.29, 0.717) is 17.5 Å². The summed E-state index contributed by atoms with van der Waals surface area (Å²) in [6.45, 7) is 0. The molecule has 0 fully saturated rings. The molecule has 6 nitrogen and oxygen atoms in total. The molecule has 0 unspecified atom stereocenters. The number of rotatable bonds is 5. The number of hydrogen-bond acceptors (Lipinski definition) is 6. The first-order valence-corrected chi connectivity index (χ1v) is 17.9. The molecule has 54 heavy (non-hydrogen) atoms. The van der Waals surface area contributed by atoms with Gasteiger partial charge in [0.2, 0.25) is 0 Å². The number of pyridine rings is 1. The van der Waals surface area contributed by atoms with Crippen molar-refractivity contribution in [3.05, 3.63) is 170 Å². The fourth-order valence-corrected chi connectivity index (χ4v) is 7.53. The van der Waals surface area contributed by atoms with Crippen molar-refractivity contribution in [3.8, 4) is 56.4 Å². The van der Waals surface area contributed by atoms with E-state index in [1.54, 1.807) is 0 Å². The van der Waals surface area contributed by atoms with E-state index in [-0.39, 0.29) is 0 Å². The highest BCUT2D eigenvalue weighted by Crippen LogP contribution is 2.39. The maximum absolute atomic E-state index is 6.38. The minimum absolute atomic E-state index is 0.567. The van der Waals surface area contributed by atoms with Gasteiger partial charge in [0, 0.05) is 49.8 Å². The van der Waals surface area contributed by atoms with Crippen LogP contribution in [0.5, 0.6) is 0 Å². The van der Waals surface area contributed by atoms with E-state index in [4.69, 9.17) is 23.8 Å². The van der Waals surface area contributed by atoms with Crippen LogP contribution < -0.4 is 0 Å². The molecular formula is C48H28N4O2. The summed E-state index contributed by atoms with van der Waals surface area (Å²) in [6.07, 6.45) is 1.82. The molecule has 0 spiro atoms. The predicted molar refractivity (Wildman–Crippen MR) is 217 cm³/mol. The zero-order valence-electron chi connectivity index (χ0n) is 28.8. The fraction of sp³-hybridized carbons (Fsp3) is 0. The molecule has 0 N–H and O–H groups in total. The van der Waals surface area contributed by atoms with Gasteiger partial charge >= 0.3 is 0 Å². The number of para-hydroxylation sites is 1. The Morgan fingerprint density at radius 1 is 0.352 bits per heavy atom. The summed E-state index contributed by atoms with van der Waals surface area (Å²) in [5.41, 5.74) is 11.2. The lowest BCUT2D eigenvalue weighted by Crippen LogP contribution is -2.00. The number of nitrogens with zero attached hydrogens (tertiary/aromatic N) is 4. The van der Waals surface area contributed by atoms with Crippen LogP contribution in [0.3, 0.4) is 0 Å². The lowest BCUT2D eigenvalue weighted by Gasteiger charge is -2.11. The Hall–Kier alpha value is -7.44. The van der Waals surface area contributed by atoms with Crippen molar-refractivity contribution >= 4 is 54.8 Å². The van der Waals surface area contributed by atoms with E-state index in [9.17, 15) is 0 Å². The molecule has 0 saturated heterocycles. The molecule has 0 saturated carbocycles. The first-order chi connectivity index (χ1) is 26.7. The molecule has 0 aliphatic rings. The van der Waals surface area contributed by atoms with Gasteiger partial charge in [0.1, 0.15) is 22.3 Å². The quantitative estimate of drug-likeness (QED) is 0.179. The summed E-state index contributed by atoms with van der Waals surface area (Å²) in [5.74, 6) is 1.73. The first-order valence-electron chi connectivity index (χ1n) is 17.9. The average Bonchev–Trinajstić information content (AvgIpc) is 3.80. The second kappa shape index (κ2) is 12.1. The molecule has 252 valence electrons. The Balaban J connectivity index is 1.07. The molecule has 0 bridgehead atoms. The van der Waals surface area contributed by atoms with Crippen LogP contribution in [0.4, 0.5) is 0 Å². The third-order valence-corrected chi connectivity index (χ3v) is 10.2. The number of hydrogen-bond donors (Lipinski definition) is 0. The zero-order valence-corrected chi connectivity index (χ0v) is 28.8. The maximum Gasteiger partial charge on any atom is 0.164 e. The molecule has 4 aromatic heterocycles. The van der Waals surface area contributed by atoms with Crippen molar-refractivity contribution in [1.29, 1.82) is 0 Å². The molecule has 0 atom stereocenters. The Morgan fingerprint density at radius 2 is 0.963 bits per heavy atom. The highest BCUT2D eigenvalue weighted by Gasteiger charge is 2.18. The van der Waals surface area contributed by atoms with Gasteiger partial charge in [0.15, 0.2) is 17.5 Å². The van der Waals surface area contributed by atoms with Crippen LogP contribution >= 0.6 is 0 Å². The molecule has 11 rings (SSSR count). The van der Waals surface area contributed by atoms with Gasteiger partial charge in [-0.15, -0.1) is 0 Å². The Bertz CT molecular complexity index is 3220. The summed E-state index contributed by atoms with van der Waals surface area (Å²) in [4.78, 5) is 19.9. The summed E-state index contributed by atoms with van der Waals surface area (Å²) in [7, 11) is 0. The number of fused-ring (bicyclic) bond motifs is 7. The van der Waals surface area contributed by atoms with Gasteiger partial charge in [0.05, 0.1) is 5.52 Å². The van der Waals surface area contributed by atoms with Gasteiger partial charge in [-0.05, 0) is 70.8 Å². The number of benzene rings is 7. The van der Waals surface area contributed by atoms with Gasteiger partial charge < -0.3 is 8.83 Å². The molecule has 7 aromatic carbocycles. The van der Waals surface area contributed by atoms with E-state index in [1.165, 1.54) is 0 Å². The lowest BCUT2D eigenvalue weighted by atomic mass is 9.97. The van der Waals surface area contributed by atoms with Gasteiger partial charge in [-0.3, -0.25) is 4.98 Å². The van der Waals surface area contributed by atoms with Crippen molar-refractivity contribution in [3.63, 3.8) is 0 Å². The molecule has 0 radical (unpaired) electrons. The third-order valence-electron chi connectivity index (χ3n) is 10.2. The molecule has 0 aliphatic heterocycles. The number of furan rings is 2. The fourth-order valence-electron chi connectivity index (χ4n) is 7.53. The second-order valence-electron chi connectivity index (χ2n) is 13.5. The van der Waals surface area contributed by atoms with Crippen molar-refractivity contribution in [2.45, 2.75) is 0 Å². The minimum atomic E-state index is 0.567. The standard InChI is InChI=1S/C48H28N4O2/c1-2-9-29(10-3-1)30-18-20-31(21-19-30)46-50-47(52-48(51-46)35-22-23-38-37-14-4-5-16-41(37)53-43(38)27-35)34-12-6-11-32(25-34)36-15-7-17-42-45(36)39-28-40-33(13-8-24-49-40)26-44(39)54-42/h1-28H. The SMILES string of the molecule is c1ccc(-c2ccc(-c3nc(-c4cccc(-c5cccc6oc7cc8cccnc8cc7c56)c4)nc(-c4ccc5c(c4)oc4ccccc45)n3)cc2)cc1. The summed E-state index contributed by atoms with van der Waals surface area (Å²) < 4.78 is 12.6. The smallest absolute Gasteiger partial charge is 0.164 e. The molecule has 6 heteroatoms. The van der Waals surface area contributed by atoms with Crippen molar-refractivity contribution in [2.24, 2.45) is 0 Å². The van der Waals surface area contributed by atoms with Crippen LogP contribution in [0.1, 0.15) is 0 Å². The molecule has 0 amide bonds. The monoisotopic (exact) mass is 692 g/mol. The molecule has 0 aliphatic carbocycles. The molecule has 11 aromatic rings. The Morgan fingerprint density at radius 3 is 1.83 bits per heavy atom. The maximum atomic E-state index is 6.38. The van der Waals surface area contributed by atoms with Crippen LogP contribution in [0, 0.1) is 0 Å². The van der Waals surface area contributed by atoms with E-state index in [1.807, 2.05) is 54.7 Å². The van der Waals surface area contributed by atoms with Crippen LogP contribution in [0.25, 0.3) is 111 Å². The van der Waals surface area contributed by atoms with E-state index >= 15 is 0 Å². The highest BCUT2D eigenvalue weighted by molar-refractivity contribution is 6.15. The molecular weight excluding hydrogens is 665 g/mol. The third kappa shape index (κ3) is 5.04. The van der Waals surface area contributed by atoms with Gasteiger partial charge in [-0.2, -0.15) is 0 Å². The summed E-state index contributed by atoms with van der Waals surface area (Å²) in [5, 5.41) is 5.26. The largest absolute Gasteiger partial charge is 0.456 e. The van der Waals surface area contributed by atoms with E-state index in [0.717, 1.165) is 93.7 Å². The van der Waals surface area contributed by atoms with Crippen LogP contribution in [0.15, 0.2) is 179 Å². The second-order valence-corrected chi connectivity index (χ2v) is 13.5. The summed E-state index contributed by atoms with van der Waals surface area (Å²) >= 11 is 0. The molecule has 4 heterocycles. The van der Waals surface area contributed by atoms with E-state index in [2.05, 4.69) is 120 Å². The van der Waals surface area contributed by atoms with Gasteiger partial charge in [0.25, 0.3) is 0 Å². The average molecular weight is 693 g/mol. The summed E-state index contributed by atoms with van der Waals surface area (Å²) in [6, 6.07) is 55.8. The minimum Gasteiger partial charge on any atom is -0.456 e. The van der Waals surface area contributed by atoms with Gasteiger partial charge in [-0.1, -0.05) is 115 Å². The van der Waals surface area contributed by atoms with E-state index < -0.39 is 0 Å². The predicted octanol–water partition coefficient (Wildman–Crippen LogP) is 12.6. The van der Waals surface area contributed by atoms with Crippen LogP contribution in [-0.2, 0) is 0 Å². The number of aromatic nitrogens is 4. The zero-order chi connectivity index (χ0) is 35.6. The van der Waals surface area contributed by atoms with Crippen molar-refractivity contribution < 1.29 is 8.83 Å². The van der Waals surface area contributed by atoms with Crippen LogP contribution in [-0.4, -0.2) is 19.9 Å². The van der Waals surface area contributed by atoms with Gasteiger partial charge in [-0.25, -0.2) is 15.0 Å². The topological polar surface area (TPSA) is 77.8 Å². The lowest BCUT2D eigenvalue weighted by molar-refractivity contribution is 0.669. The van der Waals surface area contributed by atoms with Crippen molar-refractivity contribution in [1.82, 2.24) is 19.9 Å². The first kappa shape index (κ1) is 30.2.